The van der Waals surface area contributed by atoms with E-state index < -0.39 is 0 Å². The molecule has 0 saturated carbocycles. The number of hydrogen-bond donors (Lipinski definition) is 1. The molecular weight excluding hydrogens is 264 g/mol. The van der Waals surface area contributed by atoms with Crippen LogP contribution in [0.25, 0.3) is 0 Å². The Morgan fingerprint density at radius 3 is 2.48 bits per heavy atom. The van der Waals surface area contributed by atoms with Gasteiger partial charge in [0.1, 0.15) is 0 Å². The Kier molecular flexibility index (Phi) is 5.78. The van der Waals surface area contributed by atoms with Gasteiger partial charge in [-0.1, -0.05) is 31.5 Å². The molecule has 1 aliphatic heterocycles. The van der Waals surface area contributed by atoms with Crippen LogP contribution >= 0.6 is 0 Å². The monoisotopic (exact) mass is 288 g/mol. The molecule has 21 heavy (non-hydrogen) atoms. The SMILES string of the molecule is CCCCC(=O)N1CCC(C(=O)Nc2ccccc2)CC1. The van der Waals surface area contributed by atoms with E-state index in [2.05, 4.69) is 12.2 Å². The van der Waals surface area contributed by atoms with Crippen LogP contribution in [0.15, 0.2) is 30.3 Å². The predicted octanol–water partition coefficient (Wildman–Crippen LogP) is 3.05. The van der Waals surface area contributed by atoms with Gasteiger partial charge < -0.3 is 10.2 Å². The van der Waals surface area contributed by atoms with Gasteiger partial charge in [0.2, 0.25) is 11.8 Å². The summed E-state index contributed by atoms with van der Waals surface area (Å²) in [6.07, 6.45) is 4.15. The van der Waals surface area contributed by atoms with Gasteiger partial charge in [-0.3, -0.25) is 9.59 Å². The van der Waals surface area contributed by atoms with Gasteiger partial charge in [0.15, 0.2) is 0 Å². The minimum Gasteiger partial charge on any atom is -0.343 e. The van der Waals surface area contributed by atoms with Crippen LogP contribution < -0.4 is 5.32 Å². The molecule has 1 fully saturated rings. The minimum atomic E-state index is 0.0143. The zero-order chi connectivity index (χ0) is 15.1. The third-order valence-corrected chi connectivity index (χ3v) is 4.00. The molecule has 0 spiro atoms. The van der Waals surface area contributed by atoms with Crippen LogP contribution in [0.1, 0.15) is 39.0 Å². The molecule has 1 saturated heterocycles. The lowest BCUT2D eigenvalue weighted by molar-refractivity contribution is -0.134. The van der Waals surface area contributed by atoms with Crippen LogP contribution in [-0.4, -0.2) is 29.8 Å². The molecule has 114 valence electrons. The summed E-state index contributed by atoms with van der Waals surface area (Å²) in [5.41, 5.74) is 0.837. The van der Waals surface area contributed by atoms with Crippen LogP contribution in [0.3, 0.4) is 0 Å². The van der Waals surface area contributed by atoms with Crippen LogP contribution in [0.2, 0.25) is 0 Å². The number of likely N-dealkylation sites (tertiary alicyclic amines) is 1. The van der Waals surface area contributed by atoms with Gasteiger partial charge in [-0.25, -0.2) is 0 Å². The van der Waals surface area contributed by atoms with Crippen molar-refractivity contribution in [2.45, 2.75) is 39.0 Å². The maximum absolute atomic E-state index is 12.2. The number of carbonyl (C=O) groups excluding carboxylic acids is 2. The number of rotatable bonds is 5. The van der Waals surface area contributed by atoms with E-state index in [-0.39, 0.29) is 17.7 Å². The Bertz CT molecular complexity index is 465. The van der Waals surface area contributed by atoms with Crippen molar-refractivity contribution in [3.05, 3.63) is 30.3 Å². The van der Waals surface area contributed by atoms with Crippen molar-refractivity contribution >= 4 is 17.5 Å². The molecule has 0 unspecified atom stereocenters. The van der Waals surface area contributed by atoms with Crippen molar-refractivity contribution in [2.24, 2.45) is 5.92 Å². The van der Waals surface area contributed by atoms with Crippen molar-refractivity contribution in [2.75, 3.05) is 18.4 Å². The van der Waals surface area contributed by atoms with E-state index >= 15 is 0 Å². The Balaban J connectivity index is 1.78. The van der Waals surface area contributed by atoms with E-state index in [1.54, 1.807) is 0 Å². The second-order valence-electron chi connectivity index (χ2n) is 5.61. The largest absolute Gasteiger partial charge is 0.343 e. The molecule has 0 radical (unpaired) electrons. The van der Waals surface area contributed by atoms with E-state index in [1.165, 1.54) is 0 Å². The highest BCUT2D eigenvalue weighted by Gasteiger charge is 2.26. The maximum atomic E-state index is 12.2. The topological polar surface area (TPSA) is 49.4 Å². The van der Waals surface area contributed by atoms with E-state index in [1.807, 2.05) is 35.2 Å². The summed E-state index contributed by atoms with van der Waals surface area (Å²) in [5.74, 6) is 0.320. The van der Waals surface area contributed by atoms with Gasteiger partial charge in [-0.15, -0.1) is 0 Å². The molecule has 2 amide bonds. The highest BCUT2D eigenvalue weighted by molar-refractivity contribution is 5.92. The van der Waals surface area contributed by atoms with Crippen LogP contribution in [0.4, 0.5) is 5.69 Å². The van der Waals surface area contributed by atoms with E-state index in [4.69, 9.17) is 0 Å². The third-order valence-electron chi connectivity index (χ3n) is 4.00. The number of piperidine rings is 1. The summed E-state index contributed by atoms with van der Waals surface area (Å²) >= 11 is 0. The van der Waals surface area contributed by atoms with Crippen LogP contribution in [0.5, 0.6) is 0 Å². The molecule has 0 aliphatic carbocycles. The van der Waals surface area contributed by atoms with Gasteiger partial charge in [-0.2, -0.15) is 0 Å². The number of nitrogens with one attached hydrogen (secondary N) is 1. The molecule has 4 nitrogen and oxygen atoms in total. The molecule has 2 rings (SSSR count). The van der Waals surface area contributed by atoms with Gasteiger partial charge in [0, 0.05) is 31.1 Å². The first-order valence-electron chi connectivity index (χ1n) is 7.84. The number of hydrogen-bond acceptors (Lipinski definition) is 2. The van der Waals surface area contributed by atoms with Crippen molar-refractivity contribution < 1.29 is 9.59 Å². The molecular formula is C17H24N2O2. The first-order valence-corrected chi connectivity index (χ1v) is 7.84. The maximum Gasteiger partial charge on any atom is 0.227 e. The Hall–Kier alpha value is -1.84. The molecule has 1 aromatic carbocycles. The summed E-state index contributed by atoms with van der Waals surface area (Å²) in [5, 5.41) is 2.95. The zero-order valence-corrected chi connectivity index (χ0v) is 12.7. The predicted molar refractivity (Wildman–Crippen MR) is 83.9 cm³/mol. The van der Waals surface area contributed by atoms with Gasteiger partial charge in [0.25, 0.3) is 0 Å². The highest BCUT2D eigenvalue weighted by Crippen LogP contribution is 2.20. The normalized spacial score (nSPS) is 15.8. The first-order chi connectivity index (χ1) is 10.2. The molecule has 1 aliphatic rings. The Morgan fingerprint density at radius 2 is 1.86 bits per heavy atom. The average molecular weight is 288 g/mol. The van der Waals surface area contributed by atoms with Crippen LogP contribution in [0, 0.1) is 5.92 Å². The number of anilines is 1. The van der Waals surface area contributed by atoms with Gasteiger partial charge in [-0.05, 0) is 31.4 Å². The molecule has 4 heteroatoms. The summed E-state index contributed by atoms with van der Waals surface area (Å²) in [7, 11) is 0. The standard InChI is InChI=1S/C17H24N2O2/c1-2-3-9-16(20)19-12-10-14(11-13-19)17(21)18-15-7-5-4-6-8-15/h4-8,14H,2-3,9-13H2,1H3,(H,18,21). The quantitative estimate of drug-likeness (QED) is 0.905. The van der Waals surface area contributed by atoms with Crippen LogP contribution in [-0.2, 0) is 9.59 Å². The fraction of sp³-hybridized carbons (Fsp3) is 0.529. The lowest BCUT2D eigenvalue weighted by atomic mass is 9.95. The van der Waals surface area contributed by atoms with Gasteiger partial charge in [0.05, 0.1) is 0 Å². The lowest BCUT2D eigenvalue weighted by Crippen LogP contribution is -2.41. The molecule has 1 heterocycles. The first kappa shape index (κ1) is 15.5. The van der Waals surface area contributed by atoms with Crippen molar-refractivity contribution in [3.63, 3.8) is 0 Å². The number of para-hydroxylation sites is 1. The van der Waals surface area contributed by atoms with E-state index in [0.29, 0.717) is 19.5 Å². The molecule has 0 atom stereocenters. The average Bonchev–Trinajstić information content (AvgIpc) is 2.53. The van der Waals surface area contributed by atoms with E-state index in [9.17, 15) is 9.59 Å². The Morgan fingerprint density at radius 1 is 1.19 bits per heavy atom. The summed E-state index contributed by atoms with van der Waals surface area (Å²) in [6.45, 7) is 3.50. The van der Waals surface area contributed by atoms with Crippen molar-refractivity contribution in [1.82, 2.24) is 4.90 Å². The zero-order valence-electron chi connectivity index (χ0n) is 12.7. The van der Waals surface area contributed by atoms with Crippen molar-refractivity contribution in [3.8, 4) is 0 Å². The number of amides is 2. The molecule has 0 bridgehead atoms. The lowest BCUT2D eigenvalue weighted by Gasteiger charge is -2.31. The highest BCUT2D eigenvalue weighted by atomic mass is 16.2. The second kappa shape index (κ2) is 7.81. The summed E-state index contributed by atoms with van der Waals surface area (Å²) < 4.78 is 0. The minimum absolute atomic E-state index is 0.0143. The number of benzene rings is 1. The molecule has 0 aromatic heterocycles. The molecule has 1 aromatic rings. The summed E-state index contributed by atoms with van der Waals surface area (Å²) in [4.78, 5) is 26.1. The van der Waals surface area contributed by atoms with E-state index in [0.717, 1.165) is 31.4 Å². The fourth-order valence-electron chi connectivity index (χ4n) is 2.64. The third kappa shape index (κ3) is 4.59. The summed E-state index contributed by atoms with van der Waals surface area (Å²) in [6, 6.07) is 9.52. The molecule has 1 N–H and O–H groups in total. The van der Waals surface area contributed by atoms with Crippen molar-refractivity contribution in [1.29, 1.82) is 0 Å². The Labute approximate surface area is 126 Å². The van der Waals surface area contributed by atoms with Gasteiger partial charge >= 0.3 is 0 Å². The fourth-order valence-corrected chi connectivity index (χ4v) is 2.64. The number of unbranched alkanes of at least 4 members (excludes halogenated alkanes) is 1. The number of nitrogens with zero attached hydrogens (tertiary/aromatic N) is 1. The smallest absolute Gasteiger partial charge is 0.227 e. The second-order valence-corrected chi connectivity index (χ2v) is 5.61. The number of carbonyl (C=O) groups is 2.